The van der Waals surface area contributed by atoms with Crippen molar-refractivity contribution in [2.24, 2.45) is 0 Å². The largest absolute Gasteiger partial charge is 0.228 e. The van der Waals surface area contributed by atoms with Crippen LogP contribution in [-0.2, 0) is 0 Å². The van der Waals surface area contributed by atoms with Gasteiger partial charge in [0.2, 0.25) is 0 Å². The van der Waals surface area contributed by atoms with E-state index in [4.69, 9.17) is 19.9 Å². The van der Waals surface area contributed by atoms with Crippen molar-refractivity contribution in [2.75, 3.05) is 0 Å². The molecule has 82 heavy (non-hydrogen) atoms. The van der Waals surface area contributed by atoms with Crippen LogP contribution in [-0.4, -0.2) is 19.9 Å². The molecular weight excluding hydrogens is 1030 g/mol. The highest BCUT2D eigenvalue weighted by atomic mass is 32.1. The summed E-state index contributed by atoms with van der Waals surface area (Å²) in [4.78, 5) is 21.4. The van der Waals surface area contributed by atoms with Gasteiger partial charge in [0.05, 0.1) is 22.8 Å². The van der Waals surface area contributed by atoms with Crippen LogP contribution in [0.1, 0.15) is 45.2 Å². The van der Waals surface area contributed by atoms with Crippen molar-refractivity contribution in [2.45, 2.75) is 11.8 Å². The van der Waals surface area contributed by atoms with Gasteiger partial charge in [-0.2, -0.15) is 0 Å². The van der Waals surface area contributed by atoms with Gasteiger partial charge in [0.25, 0.3) is 0 Å². The predicted molar refractivity (Wildman–Crippen MR) is 342 cm³/mol. The van der Waals surface area contributed by atoms with Crippen LogP contribution in [0.4, 0.5) is 0 Å². The highest BCUT2D eigenvalue weighted by molar-refractivity contribution is 7.26. The van der Waals surface area contributed by atoms with E-state index in [1.807, 2.05) is 22.7 Å². The second-order valence-electron chi connectivity index (χ2n) is 21.6. The van der Waals surface area contributed by atoms with Gasteiger partial charge in [-0.05, 0) is 116 Å². The summed E-state index contributed by atoms with van der Waals surface area (Å²) >= 11 is 3.70. The van der Waals surface area contributed by atoms with Gasteiger partial charge >= 0.3 is 0 Å². The molecule has 3 aliphatic rings. The number of hydrogen-bond acceptors (Lipinski definition) is 6. The summed E-state index contributed by atoms with van der Waals surface area (Å²) in [6, 6.07) is 96.9. The molecule has 0 saturated heterocycles. The average molecular weight is 1080 g/mol. The van der Waals surface area contributed by atoms with Gasteiger partial charge < -0.3 is 0 Å². The minimum Gasteiger partial charge on any atom is -0.228 e. The molecule has 2 bridgehead atoms. The van der Waals surface area contributed by atoms with Gasteiger partial charge in [-0.3, -0.25) is 0 Å². The number of rotatable bonds is 8. The van der Waals surface area contributed by atoms with E-state index >= 15 is 0 Å². The first kappa shape index (κ1) is 46.9. The maximum absolute atomic E-state index is 5.38. The van der Waals surface area contributed by atoms with Gasteiger partial charge in [-0.15, -0.1) is 22.7 Å². The van der Waals surface area contributed by atoms with Gasteiger partial charge in [0, 0.05) is 85.6 Å². The molecule has 11 aromatic carbocycles. The Kier molecular flexibility index (Phi) is 10.8. The lowest BCUT2D eigenvalue weighted by Gasteiger charge is -2.42. The van der Waals surface area contributed by atoms with Crippen LogP contribution < -0.4 is 0 Å². The van der Waals surface area contributed by atoms with E-state index in [1.54, 1.807) is 0 Å². The van der Waals surface area contributed by atoms with Crippen LogP contribution in [0.2, 0.25) is 0 Å². The topological polar surface area (TPSA) is 51.6 Å². The highest BCUT2D eigenvalue weighted by Gasteiger charge is 2.41. The Bertz CT molecular complexity index is 4720. The van der Waals surface area contributed by atoms with Crippen molar-refractivity contribution >= 4 is 63.0 Å². The summed E-state index contributed by atoms with van der Waals surface area (Å²) in [6.07, 6.45) is 0. The summed E-state index contributed by atoms with van der Waals surface area (Å²) < 4.78 is 5.25. The van der Waals surface area contributed by atoms with E-state index in [2.05, 4.69) is 267 Å². The molecule has 0 saturated carbocycles. The summed E-state index contributed by atoms with van der Waals surface area (Å²) in [5.74, 6) is 1.47. The van der Waals surface area contributed by atoms with Crippen LogP contribution in [0, 0.1) is 0 Å². The normalized spacial score (nSPS) is 14.1. The maximum Gasteiger partial charge on any atom is 0.160 e. The van der Waals surface area contributed by atoms with Crippen molar-refractivity contribution < 1.29 is 0 Å². The Labute approximate surface area is 482 Å². The lowest BCUT2D eigenvalue weighted by Crippen LogP contribution is -2.27. The standard InChI is InChI=1S/C76H46N4S2/c1-3-13-47(14-4-1)65-43-67(49-27-23-45(24-28-49)51-33-37-71-61(39-51)55-17-9-11-21-69(55)81-71)79-75(77-65)53-31-35-59-63(41-53)73-57-19-7-8-20-58(57)74(59)64-42-54(32-36-60(64)73)76-78-66(48-15-5-2-6-16-48)44-68(80-76)50-29-25-46(26-30-50)52-34-38-72-62(40-52)56-18-10-12-22-70(56)82-72/h1-44,73-74H. The second-order valence-corrected chi connectivity index (χ2v) is 23.8. The number of nitrogens with zero attached hydrogens (tertiary/aromatic N) is 4. The maximum atomic E-state index is 5.38. The van der Waals surface area contributed by atoms with Crippen LogP contribution in [0.25, 0.3) is 130 Å². The summed E-state index contributed by atoms with van der Waals surface area (Å²) in [7, 11) is 0. The van der Waals surface area contributed by atoms with E-state index in [0.29, 0.717) is 11.6 Å². The van der Waals surface area contributed by atoms with Crippen LogP contribution in [0.3, 0.4) is 0 Å². The second kappa shape index (κ2) is 18.8. The molecular formula is C76H46N4S2. The number of fused-ring (bicyclic) bond motifs is 6. The lowest BCUT2D eigenvalue weighted by atomic mass is 9.61. The molecule has 15 aromatic rings. The molecule has 0 fully saturated rings. The number of hydrogen-bond donors (Lipinski definition) is 0. The van der Waals surface area contributed by atoms with Crippen molar-refractivity contribution in [3.8, 4) is 90.1 Å². The van der Waals surface area contributed by atoms with Gasteiger partial charge in [-0.25, -0.2) is 19.9 Å². The SMILES string of the molecule is c1ccc(-c2cc(-c3ccc(-c4ccc5sc6ccccc6c5c4)cc3)nc(-c3ccc4c(c3)C3c5ccccc5C4c4cc(-c5nc(-c6ccccc6)cc(-c6ccc(-c7ccc8sc9ccccc9c8c7)cc6)n5)ccc43)n2)cc1. The Morgan fingerprint density at radius 2 is 0.524 bits per heavy atom. The molecule has 0 spiro atoms. The van der Waals surface area contributed by atoms with Crippen molar-refractivity contribution in [3.05, 3.63) is 300 Å². The third-order valence-electron chi connectivity index (χ3n) is 16.9. The van der Waals surface area contributed by atoms with Crippen LogP contribution in [0.5, 0.6) is 0 Å². The third-order valence-corrected chi connectivity index (χ3v) is 19.2. The Hall–Kier alpha value is -9.98. The van der Waals surface area contributed by atoms with E-state index in [0.717, 1.165) is 56.2 Å². The fraction of sp³-hybridized carbons (Fsp3) is 0.0263. The number of benzene rings is 11. The number of aromatic nitrogens is 4. The smallest absolute Gasteiger partial charge is 0.160 e. The molecule has 0 N–H and O–H groups in total. The first-order valence-corrected chi connectivity index (χ1v) is 29.5. The zero-order valence-electron chi connectivity index (χ0n) is 44.2. The lowest BCUT2D eigenvalue weighted by molar-refractivity contribution is 0.754. The zero-order chi connectivity index (χ0) is 53.8. The molecule has 4 aromatic heterocycles. The first-order chi connectivity index (χ1) is 40.6. The molecule has 382 valence electrons. The Balaban J connectivity index is 0.730. The Morgan fingerprint density at radius 1 is 0.207 bits per heavy atom. The van der Waals surface area contributed by atoms with Crippen LogP contribution in [0.15, 0.2) is 267 Å². The van der Waals surface area contributed by atoms with Crippen LogP contribution >= 0.6 is 22.7 Å². The molecule has 4 heterocycles. The first-order valence-electron chi connectivity index (χ1n) is 27.9. The molecule has 2 unspecified atom stereocenters. The molecule has 0 amide bonds. The Morgan fingerprint density at radius 3 is 0.951 bits per heavy atom. The monoisotopic (exact) mass is 1080 g/mol. The summed E-state index contributed by atoms with van der Waals surface area (Å²) in [6.45, 7) is 0. The van der Waals surface area contributed by atoms with Gasteiger partial charge in [-0.1, -0.05) is 206 Å². The molecule has 6 heteroatoms. The van der Waals surface area contributed by atoms with E-state index in [1.165, 1.54) is 96.0 Å². The molecule has 18 rings (SSSR count). The molecule has 0 radical (unpaired) electrons. The molecule has 3 aliphatic carbocycles. The minimum absolute atomic E-state index is 0.0284. The number of thiophene rings is 2. The summed E-state index contributed by atoms with van der Waals surface area (Å²) in [5.41, 5.74) is 22.4. The molecule has 4 nitrogen and oxygen atoms in total. The van der Waals surface area contributed by atoms with Gasteiger partial charge in [0.1, 0.15) is 0 Å². The fourth-order valence-corrected chi connectivity index (χ4v) is 15.1. The highest BCUT2D eigenvalue weighted by Crippen LogP contribution is 2.57. The van der Waals surface area contributed by atoms with E-state index in [9.17, 15) is 0 Å². The quantitative estimate of drug-likeness (QED) is 0.152. The summed E-state index contributed by atoms with van der Waals surface area (Å²) in [5, 5.41) is 5.22. The zero-order valence-corrected chi connectivity index (χ0v) is 45.8. The predicted octanol–water partition coefficient (Wildman–Crippen LogP) is 20.3. The average Bonchev–Trinajstić information content (AvgIpc) is 2.37. The van der Waals surface area contributed by atoms with E-state index < -0.39 is 0 Å². The van der Waals surface area contributed by atoms with Crippen molar-refractivity contribution in [1.29, 1.82) is 0 Å². The minimum atomic E-state index is 0.0284. The van der Waals surface area contributed by atoms with Crippen molar-refractivity contribution in [3.63, 3.8) is 0 Å². The molecule has 0 aliphatic heterocycles. The van der Waals surface area contributed by atoms with Crippen molar-refractivity contribution in [1.82, 2.24) is 19.9 Å². The van der Waals surface area contributed by atoms with E-state index in [-0.39, 0.29) is 11.8 Å². The third kappa shape index (κ3) is 7.78. The van der Waals surface area contributed by atoms with Gasteiger partial charge in [0.15, 0.2) is 11.6 Å². The fourth-order valence-electron chi connectivity index (χ4n) is 12.9. The molecule has 2 atom stereocenters.